The van der Waals surface area contributed by atoms with E-state index in [1.807, 2.05) is 0 Å². The number of carbonyl (C=O) groups is 2. The second-order valence-corrected chi connectivity index (χ2v) is 6.24. The summed E-state index contributed by atoms with van der Waals surface area (Å²) in [4.78, 5) is 28.3. The van der Waals surface area contributed by atoms with Gasteiger partial charge in [-0.1, -0.05) is 18.9 Å². The van der Waals surface area contributed by atoms with Crippen molar-refractivity contribution >= 4 is 11.8 Å². The number of H-pyrrole nitrogens is 1. The van der Waals surface area contributed by atoms with E-state index in [-0.39, 0.29) is 29.4 Å². The molecule has 0 radical (unpaired) electrons. The van der Waals surface area contributed by atoms with Gasteiger partial charge < -0.3 is 15.6 Å². The molecule has 1 fully saturated rings. The molecule has 1 aliphatic rings. The summed E-state index contributed by atoms with van der Waals surface area (Å²) in [6.45, 7) is -0.160. The molecule has 0 aliphatic heterocycles. The van der Waals surface area contributed by atoms with E-state index in [2.05, 4.69) is 4.98 Å². The minimum atomic E-state index is -0.680. The Balaban J connectivity index is 1.91. The van der Waals surface area contributed by atoms with Crippen molar-refractivity contribution in [1.82, 2.24) is 9.88 Å². The summed E-state index contributed by atoms with van der Waals surface area (Å²) in [5.74, 6) is -2.41. The van der Waals surface area contributed by atoms with Gasteiger partial charge in [0, 0.05) is 17.8 Å². The highest BCUT2D eigenvalue weighted by atomic mass is 19.1. The topological polar surface area (TPSA) is 79.2 Å². The number of hydrogen-bond donors (Lipinski definition) is 2. The van der Waals surface area contributed by atoms with Crippen LogP contribution in [0.25, 0.3) is 0 Å². The molecule has 1 aliphatic carbocycles. The molecular weight excluding hydrogens is 328 g/mol. The van der Waals surface area contributed by atoms with Gasteiger partial charge in [0.15, 0.2) is 0 Å². The maximum atomic E-state index is 14.0. The second kappa shape index (κ2) is 7.04. The molecule has 1 heterocycles. The molecule has 1 aromatic heterocycles. The molecule has 25 heavy (non-hydrogen) atoms. The summed E-state index contributed by atoms with van der Waals surface area (Å²) in [5, 5.41) is 0. The van der Waals surface area contributed by atoms with Crippen LogP contribution in [0.3, 0.4) is 0 Å². The van der Waals surface area contributed by atoms with Crippen LogP contribution in [-0.2, 0) is 6.54 Å². The van der Waals surface area contributed by atoms with Gasteiger partial charge in [0.25, 0.3) is 5.91 Å². The molecule has 2 aromatic rings. The van der Waals surface area contributed by atoms with Gasteiger partial charge in [0.1, 0.15) is 17.3 Å². The lowest BCUT2D eigenvalue weighted by atomic mass is 10.1. The molecule has 3 N–H and O–H groups in total. The first-order valence-corrected chi connectivity index (χ1v) is 8.19. The number of nitrogens with two attached hydrogens (primary N) is 1. The third kappa shape index (κ3) is 3.55. The second-order valence-electron chi connectivity index (χ2n) is 6.24. The molecule has 0 spiro atoms. The number of nitrogens with one attached hydrogen (secondary N) is 1. The normalized spacial score (nSPS) is 14.6. The van der Waals surface area contributed by atoms with Gasteiger partial charge in [-0.3, -0.25) is 9.59 Å². The Morgan fingerprint density at radius 1 is 1.20 bits per heavy atom. The average Bonchev–Trinajstić information content (AvgIpc) is 3.26. The molecule has 0 atom stereocenters. The Kier molecular flexibility index (Phi) is 4.83. The fraction of sp³-hybridized carbons (Fsp3) is 0.333. The van der Waals surface area contributed by atoms with Crippen LogP contribution in [0.15, 0.2) is 30.5 Å². The summed E-state index contributed by atoms with van der Waals surface area (Å²) >= 11 is 0. The van der Waals surface area contributed by atoms with E-state index in [0.29, 0.717) is 0 Å². The number of carbonyl (C=O) groups excluding carboxylic acids is 2. The van der Waals surface area contributed by atoms with E-state index in [0.717, 1.165) is 25.7 Å². The summed E-state index contributed by atoms with van der Waals surface area (Å²) in [7, 11) is 0. The van der Waals surface area contributed by atoms with Crippen molar-refractivity contribution in [2.75, 3.05) is 0 Å². The molecule has 1 saturated carbocycles. The van der Waals surface area contributed by atoms with Crippen molar-refractivity contribution in [2.24, 2.45) is 5.73 Å². The predicted molar refractivity (Wildman–Crippen MR) is 87.8 cm³/mol. The van der Waals surface area contributed by atoms with E-state index in [1.165, 1.54) is 35.4 Å². The zero-order valence-corrected chi connectivity index (χ0v) is 13.6. The van der Waals surface area contributed by atoms with Gasteiger partial charge in [0.05, 0.1) is 12.1 Å². The molecule has 3 rings (SSSR count). The van der Waals surface area contributed by atoms with E-state index in [1.54, 1.807) is 0 Å². The average molecular weight is 347 g/mol. The standard InChI is InChI=1S/C18H19F2N3O2/c19-14-6-3-7-15(20)13(14)10-23(12-4-1-2-5-12)18(25)16-8-11(9-22-16)17(21)24/h3,6-9,12,22H,1-2,4-5,10H2,(H2,21,24). The van der Waals surface area contributed by atoms with Gasteiger partial charge in [-0.05, 0) is 31.0 Å². The number of halogens is 2. The number of aromatic nitrogens is 1. The number of rotatable bonds is 5. The first kappa shape index (κ1) is 17.1. The van der Waals surface area contributed by atoms with E-state index < -0.39 is 23.4 Å². The predicted octanol–water partition coefficient (Wildman–Crippen LogP) is 2.98. The van der Waals surface area contributed by atoms with Crippen molar-refractivity contribution in [2.45, 2.75) is 38.3 Å². The molecule has 0 bridgehead atoms. The maximum absolute atomic E-state index is 14.0. The van der Waals surface area contributed by atoms with Crippen LogP contribution in [0, 0.1) is 11.6 Å². The highest BCUT2D eigenvalue weighted by molar-refractivity contribution is 5.98. The summed E-state index contributed by atoms with van der Waals surface area (Å²) < 4.78 is 28.1. The zero-order valence-electron chi connectivity index (χ0n) is 13.6. The number of primary amides is 1. The third-order valence-corrected chi connectivity index (χ3v) is 4.61. The largest absolute Gasteiger partial charge is 0.366 e. The summed E-state index contributed by atoms with van der Waals surface area (Å²) in [6, 6.07) is 4.92. The molecule has 7 heteroatoms. The number of aromatic amines is 1. The molecule has 0 saturated heterocycles. The van der Waals surface area contributed by atoms with Gasteiger partial charge in [0.2, 0.25) is 5.91 Å². The van der Waals surface area contributed by atoms with Gasteiger partial charge >= 0.3 is 0 Å². The van der Waals surface area contributed by atoms with Gasteiger partial charge in [-0.15, -0.1) is 0 Å². The Labute approximate surface area is 143 Å². The van der Waals surface area contributed by atoms with Crippen molar-refractivity contribution in [3.8, 4) is 0 Å². The van der Waals surface area contributed by atoms with E-state index in [9.17, 15) is 18.4 Å². The highest BCUT2D eigenvalue weighted by Gasteiger charge is 2.30. The quantitative estimate of drug-likeness (QED) is 0.872. The van der Waals surface area contributed by atoms with Crippen LogP contribution >= 0.6 is 0 Å². The van der Waals surface area contributed by atoms with E-state index >= 15 is 0 Å². The van der Waals surface area contributed by atoms with E-state index in [4.69, 9.17) is 5.73 Å². The number of nitrogens with zero attached hydrogens (tertiary/aromatic N) is 1. The van der Waals surface area contributed by atoms with Crippen molar-refractivity contribution in [3.63, 3.8) is 0 Å². The van der Waals surface area contributed by atoms with Crippen molar-refractivity contribution < 1.29 is 18.4 Å². The third-order valence-electron chi connectivity index (χ3n) is 4.61. The lowest BCUT2D eigenvalue weighted by Crippen LogP contribution is -2.39. The smallest absolute Gasteiger partial charge is 0.270 e. The molecule has 1 aromatic carbocycles. The van der Waals surface area contributed by atoms with Gasteiger partial charge in [-0.2, -0.15) is 0 Å². The van der Waals surface area contributed by atoms with Crippen LogP contribution in [0.4, 0.5) is 8.78 Å². The maximum Gasteiger partial charge on any atom is 0.270 e. The van der Waals surface area contributed by atoms with Crippen LogP contribution < -0.4 is 5.73 Å². The molecular formula is C18H19F2N3O2. The minimum absolute atomic E-state index is 0.0909. The summed E-state index contributed by atoms with van der Waals surface area (Å²) in [6.07, 6.45) is 4.85. The van der Waals surface area contributed by atoms with Crippen molar-refractivity contribution in [1.29, 1.82) is 0 Å². The molecule has 132 valence electrons. The first-order chi connectivity index (χ1) is 12.0. The molecule has 2 amide bonds. The Hall–Kier alpha value is -2.70. The monoisotopic (exact) mass is 347 g/mol. The van der Waals surface area contributed by atoms with Gasteiger partial charge in [-0.25, -0.2) is 8.78 Å². The fourth-order valence-electron chi connectivity index (χ4n) is 3.25. The first-order valence-electron chi connectivity index (χ1n) is 8.19. The fourth-order valence-corrected chi connectivity index (χ4v) is 3.25. The Bertz CT molecular complexity index is 777. The highest BCUT2D eigenvalue weighted by Crippen LogP contribution is 2.27. The zero-order chi connectivity index (χ0) is 18.0. The lowest BCUT2D eigenvalue weighted by molar-refractivity contribution is 0.0654. The van der Waals surface area contributed by atoms with Crippen molar-refractivity contribution in [3.05, 3.63) is 58.9 Å². The Morgan fingerprint density at radius 2 is 1.84 bits per heavy atom. The number of benzene rings is 1. The molecule has 5 nitrogen and oxygen atoms in total. The minimum Gasteiger partial charge on any atom is -0.366 e. The van der Waals surface area contributed by atoms with Crippen LogP contribution in [0.1, 0.15) is 52.1 Å². The SMILES string of the molecule is NC(=O)c1c[nH]c(C(=O)N(Cc2c(F)cccc2F)C2CCCC2)c1. The number of amides is 2. The Morgan fingerprint density at radius 3 is 2.40 bits per heavy atom. The van der Waals surface area contributed by atoms with Crippen LogP contribution in [-0.4, -0.2) is 27.7 Å². The molecule has 0 unspecified atom stereocenters. The van der Waals surface area contributed by atoms with Crippen LogP contribution in [0.5, 0.6) is 0 Å². The number of hydrogen-bond acceptors (Lipinski definition) is 2. The summed E-state index contributed by atoms with van der Waals surface area (Å²) in [5.41, 5.74) is 5.44. The van der Waals surface area contributed by atoms with Crippen LogP contribution in [0.2, 0.25) is 0 Å². The lowest BCUT2D eigenvalue weighted by Gasteiger charge is -2.29.